The normalized spacial score (nSPS) is 40.6. The van der Waals surface area contributed by atoms with Crippen molar-refractivity contribution in [3.63, 3.8) is 0 Å². The highest BCUT2D eigenvalue weighted by Crippen LogP contribution is 2.42. The van der Waals surface area contributed by atoms with Gasteiger partial charge >= 0.3 is 0 Å². The molecule has 2 heteroatoms. The maximum Gasteiger partial charge on any atom is 0.150 e. The summed E-state index contributed by atoms with van der Waals surface area (Å²) in [5.74, 6) is 0.817. The van der Waals surface area contributed by atoms with Crippen molar-refractivity contribution in [2.45, 2.75) is 25.8 Å². The molecule has 0 heterocycles. The van der Waals surface area contributed by atoms with Gasteiger partial charge in [-0.05, 0) is 26.3 Å². The Bertz CT molecular complexity index is 140. The van der Waals surface area contributed by atoms with Crippen molar-refractivity contribution in [3.8, 4) is 0 Å². The third kappa shape index (κ3) is 0.778. The first kappa shape index (κ1) is 6.75. The summed E-state index contributed by atoms with van der Waals surface area (Å²) in [7, 11) is 1.85. The number of Topliss-reactive ketones (excluding diaryl/α,β-unsaturated/α-hetero) is 1. The highest BCUT2D eigenvalue weighted by Gasteiger charge is 2.53. The third-order valence-electron chi connectivity index (χ3n) is 2.38. The van der Waals surface area contributed by atoms with Gasteiger partial charge in [0.2, 0.25) is 0 Å². The van der Waals surface area contributed by atoms with E-state index in [1.54, 1.807) is 6.92 Å². The van der Waals surface area contributed by atoms with Crippen LogP contribution in [0.5, 0.6) is 0 Å². The van der Waals surface area contributed by atoms with E-state index >= 15 is 0 Å². The number of ketones is 1. The molecule has 0 aromatic rings. The minimum Gasteiger partial charge on any atom is -0.308 e. The lowest BCUT2D eigenvalue weighted by Crippen LogP contribution is -2.36. The molecule has 1 aliphatic carbocycles. The van der Waals surface area contributed by atoms with Gasteiger partial charge in [-0.1, -0.05) is 6.92 Å². The van der Waals surface area contributed by atoms with E-state index in [4.69, 9.17) is 0 Å². The monoisotopic (exact) mass is 127 g/mol. The Labute approximate surface area is 55.6 Å². The molecule has 1 N–H and O–H groups in total. The van der Waals surface area contributed by atoms with Crippen LogP contribution >= 0.6 is 0 Å². The quantitative estimate of drug-likeness (QED) is 0.587. The summed E-state index contributed by atoms with van der Waals surface area (Å²) in [6.07, 6.45) is 1.01. The van der Waals surface area contributed by atoms with Gasteiger partial charge < -0.3 is 5.32 Å². The minimum atomic E-state index is -0.139. The first-order valence-electron chi connectivity index (χ1n) is 3.33. The molecule has 1 saturated carbocycles. The van der Waals surface area contributed by atoms with Crippen molar-refractivity contribution in [3.05, 3.63) is 0 Å². The van der Waals surface area contributed by atoms with Crippen LogP contribution in [0, 0.1) is 5.92 Å². The summed E-state index contributed by atoms with van der Waals surface area (Å²) in [5.41, 5.74) is -0.139. The molecule has 0 spiro atoms. The number of hydrogen-bond acceptors (Lipinski definition) is 2. The molecule has 52 valence electrons. The Balaban J connectivity index is 2.62. The van der Waals surface area contributed by atoms with E-state index in [1.807, 2.05) is 7.05 Å². The maximum atomic E-state index is 10.9. The standard InChI is InChI=1S/C7H13NO/c1-5-4-7(5,8-3)6(2)9/h5,8H,4H2,1-3H3. The van der Waals surface area contributed by atoms with E-state index in [1.165, 1.54) is 0 Å². The van der Waals surface area contributed by atoms with Crippen LogP contribution in [0.2, 0.25) is 0 Å². The molecule has 0 radical (unpaired) electrons. The summed E-state index contributed by atoms with van der Waals surface area (Å²) < 4.78 is 0. The fraction of sp³-hybridized carbons (Fsp3) is 0.857. The van der Waals surface area contributed by atoms with Crippen LogP contribution in [0.4, 0.5) is 0 Å². The molecule has 2 unspecified atom stereocenters. The molecule has 2 atom stereocenters. The number of nitrogens with one attached hydrogen (secondary N) is 1. The highest BCUT2D eigenvalue weighted by atomic mass is 16.1. The predicted molar refractivity (Wildman–Crippen MR) is 36.3 cm³/mol. The lowest BCUT2D eigenvalue weighted by molar-refractivity contribution is -0.120. The molecule has 9 heavy (non-hydrogen) atoms. The van der Waals surface area contributed by atoms with Crippen molar-refractivity contribution >= 4 is 5.78 Å². The van der Waals surface area contributed by atoms with E-state index in [2.05, 4.69) is 12.2 Å². The molecule has 1 aliphatic rings. The lowest BCUT2D eigenvalue weighted by Gasteiger charge is -2.09. The minimum absolute atomic E-state index is 0.139. The molecule has 0 aliphatic heterocycles. The highest BCUT2D eigenvalue weighted by molar-refractivity contribution is 5.89. The molecular weight excluding hydrogens is 114 g/mol. The summed E-state index contributed by atoms with van der Waals surface area (Å²) in [6.45, 7) is 3.75. The lowest BCUT2D eigenvalue weighted by atomic mass is 10.1. The first-order chi connectivity index (χ1) is 4.13. The van der Waals surface area contributed by atoms with Gasteiger partial charge in [-0.15, -0.1) is 0 Å². The Morgan fingerprint density at radius 1 is 1.78 bits per heavy atom. The zero-order valence-electron chi connectivity index (χ0n) is 6.19. The van der Waals surface area contributed by atoms with Gasteiger partial charge in [-0.2, -0.15) is 0 Å². The smallest absolute Gasteiger partial charge is 0.150 e. The van der Waals surface area contributed by atoms with Crippen molar-refractivity contribution < 1.29 is 4.79 Å². The fourth-order valence-electron chi connectivity index (χ4n) is 1.44. The van der Waals surface area contributed by atoms with E-state index < -0.39 is 0 Å². The molecule has 2 nitrogen and oxygen atoms in total. The Kier molecular flexibility index (Phi) is 1.35. The molecule has 0 bridgehead atoms. The third-order valence-corrected chi connectivity index (χ3v) is 2.38. The van der Waals surface area contributed by atoms with Gasteiger partial charge in [0.1, 0.15) is 5.78 Å². The number of rotatable bonds is 2. The summed E-state index contributed by atoms with van der Waals surface area (Å²) in [5, 5.41) is 3.05. The number of carbonyl (C=O) groups is 1. The van der Waals surface area contributed by atoms with Gasteiger partial charge in [0.05, 0.1) is 5.54 Å². The number of carbonyl (C=O) groups excluding carboxylic acids is 1. The predicted octanol–water partition coefficient (Wildman–Crippen LogP) is 0.573. The number of hydrogen-bond donors (Lipinski definition) is 1. The van der Waals surface area contributed by atoms with Gasteiger partial charge in [0.25, 0.3) is 0 Å². The van der Waals surface area contributed by atoms with Gasteiger partial charge in [-0.25, -0.2) is 0 Å². The summed E-state index contributed by atoms with van der Waals surface area (Å²) in [4.78, 5) is 10.9. The van der Waals surface area contributed by atoms with Gasteiger partial charge in [0.15, 0.2) is 0 Å². The Hall–Kier alpha value is -0.370. The molecule has 0 aromatic carbocycles. The zero-order valence-corrected chi connectivity index (χ0v) is 6.19. The maximum absolute atomic E-state index is 10.9. The van der Waals surface area contributed by atoms with Crippen molar-refractivity contribution in [2.24, 2.45) is 5.92 Å². The second-order valence-corrected chi connectivity index (χ2v) is 2.88. The van der Waals surface area contributed by atoms with E-state index in [9.17, 15) is 4.79 Å². The Morgan fingerprint density at radius 2 is 2.22 bits per heavy atom. The second kappa shape index (κ2) is 1.81. The van der Waals surface area contributed by atoms with Crippen LogP contribution in [0.3, 0.4) is 0 Å². The Morgan fingerprint density at radius 3 is 2.22 bits per heavy atom. The van der Waals surface area contributed by atoms with E-state index in [-0.39, 0.29) is 11.3 Å². The first-order valence-corrected chi connectivity index (χ1v) is 3.33. The summed E-state index contributed by atoms with van der Waals surface area (Å²) in [6, 6.07) is 0. The van der Waals surface area contributed by atoms with Crippen molar-refractivity contribution in [2.75, 3.05) is 7.05 Å². The van der Waals surface area contributed by atoms with Crippen LogP contribution in [0.15, 0.2) is 0 Å². The molecule has 0 amide bonds. The number of likely N-dealkylation sites (N-methyl/N-ethyl adjacent to an activating group) is 1. The molecule has 0 saturated heterocycles. The fourth-order valence-corrected chi connectivity index (χ4v) is 1.44. The van der Waals surface area contributed by atoms with Gasteiger partial charge in [0, 0.05) is 0 Å². The van der Waals surface area contributed by atoms with Crippen molar-refractivity contribution in [1.82, 2.24) is 5.32 Å². The van der Waals surface area contributed by atoms with E-state index in [0.29, 0.717) is 5.92 Å². The summed E-state index contributed by atoms with van der Waals surface area (Å²) >= 11 is 0. The van der Waals surface area contributed by atoms with Crippen LogP contribution < -0.4 is 5.32 Å². The van der Waals surface area contributed by atoms with Crippen LogP contribution in [0.1, 0.15) is 20.3 Å². The zero-order chi connectivity index (χ0) is 7.07. The SMILES string of the molecule is CNC1(C(C)=O)CC1C. The molecular formula is C7H13NO. The van der Waals surface area contributed by atoms with Crippen LogP contribution in [-0.2, 0) is 4.79 Å². The largest absolute Gasteiger partial charge is 0.308 e. The van der Waals surface area contributed by atoms with Crippen LogP contribution in [0.25, 0.3) is 0 Å². The van der Waals surface area contributed by atoms with Gasteiger partial charge in [-0.3, -0.25) is 4.79 Å². The van der Waals surface area contributed by atoms with Crippen molar-refractivity contribution in [1.29, 1.82) is 0 Å². The van der Waals surface area contributed by atoms with E-state index in [0.717, 1.165) is 6.42 Å². The topological polar surface area (TPSA) is 29.1 Å². The molecule has 1 fully saturated rings. The average Bonchev–Trinajstić information content (AvgIpc) is 2.43. The second-order valence-electron chi connectivity index (χ2n) is 2.88. The molecule has 0 aromatic heterocycles. The average molecular weight is 127 g/mol. The molecule has 1 rings (SSSR count). The van der Waals surface area contributed by atoms with Crippen LogP contribution in [-0.4, -0.2) is 18.4 Å².